The highest BCUT2D eigenvalue weighted by Crippen LogP contribution is 2.09. The lowest BCUT2D eigenvalue weighted by atomic mass is 9.88. The zero-order chi connectivity index (χ0) is 11.3. The summed E-state index contributed by atoms with van der Waals surface area (Å²) >= 11 is 0. The van der Waals surface area contributed by atoms with Crippen LogP contribution in [-0.2, 0) is 4.65 Å². The molecule has 0 aliphatic carbocycles. The second-order valence-electron chi connectivity index (χ2n) is 4.39. The van der Waals surface area contributed by atoms with Crippen molar-refractivity contribution >= 4 is 13.2 Å². The Morgan fingerprint density at radius 3 is 2.33 bits per heavy atom. The Bertz CT molecular complexity index is 314. The van der Waals surface area contributed by atoms with Crippen molar-refractivity contribution < 1.29 is 9.68 Å². The predicted molar refractivity (Wildman–Crippen MR) is 64.3 cm³/mol. The zero-order valence-electron chi connectivity index (χ0n) is 9.47. The first-order chi connectivity index (χ1) is 6.97. The highest BCUT2D eigenvalue weighted by molar-refractivity contribution is 6.50. The van der Waals surface area contributed by atoms with Gasteiger partial charge in [0.15, 0.2) is 0 Å². The van der Waals surface area contributed by atoms with Crippen molar-refractivity contribution in [3.05, 3.63) is 41.9 Å². The summed E-state index contributed by atoms with van der Waals surface area (Å²) in [5.41, 5.74) is 0.717. The Morgan fingerprint density at radius 2 is 1.80 bits per heavy atom. The molecule has 0 fully saturated rings. The van der Waals surface area contributed by atoms with Gasteiger partial charge in [-0.3, -0.25) is 0 Å². The van der Waals surface area contributed by atoms with Gasteiger partial charge in [-0.2, -0.15) is 0 Å². The van der Waals surface area contributed by atoms with Gasteiger partial charge in [0.05, 0.1) is 0 Å². The molecule has 0 spiro atoms. The van der Waals surface area contributed by atoms with Crippen LogP contribution in [0.15, 0.2) is 36.3 Å². The fourth-order valence-electron chi connectivity index (χ4n) is 1.16. The third-order valence-electron chi connectivity index (χ3n) is 1.73. The highest BCUT2D eigenvalue weighted by atomic mass is 16.5. The number of hydrogen-bond donors (Lipinski definition) is 1. The van der Waals surface area contributed by atoms with Crippen LogP contribution in [0.25, 0.3) is 6.08 Å². The van der Waals surface area contributed by atoms with Crippen LogP contribution in [0.1, 0.15) is 26.3 Å². The van der Waals surface area contributed by atoms with Crippen LogP contribution in [0.2, 0.25) is 0 Å². The van der Waals surface area contributed by atoms with Gasteiger partial charge in [-0.05, 0) is 26.3 Å². The van der Waals surface area contributed by atoms with E-state index in [1.807, 2.05) is 57.2 Å². The molecule has 0 saturated carbocycles. The van der Waals surface area contributed by atoms with Crippen molar-refractivity contribution in [1.29, 1.82) is 0 Å². The summed E-state index contributed by atoms with van der Waals surface area (Å²) in [6, 6.07) is 9.81. The van der Waals surface area contributed by atoms with Gasteiger partial charge in [-0.1, -0.05) is 42.4 Å². The third-order valence-corrected chi connectivity index (χ3v) is 1.73. The smallest absolute Gasteiger partial charge is 0.423 e. The van der Waals surface area contributed by atoms with Crippen molar-refractivity contribution in [3.63, 3.8) is 0 Å². The van der Waals surface area contributed by atoms with Gasteiger partial charge in [0.25, 0.3) is 0 Å². The summed E-state index contributed by atoms with van der Waals surface area (Å²) in [5, 5.41) is 9.54. The van der Waals surface area contributed by atoms with E-state index in [4.69, 9.17) is 4.65 Å². The molecule has 0 bridgehead atoms. The second kappa shape index (κ2) is 5.15. The zero-order valence-corrected chi connectivity index (χ0v) is 9.47. The SMILES string of the molecule is CC(C)(C)OB(O)/C=C/c1ccccc1. The minimum atomic E-state index is -0.856. The summed E-state index contributed by atoms with van der Waals surface area (Å²) in [6.07, 6.45) is 1.84. The minimum Gasteiger partial charge on any atom is -0.423 e. The van der Waals surface area contributed by atoms with Gasteiger partial charge in [-0.25, -0.2) is 0 Å². The molecule has 0 aliphatic rings. The molecule has 0 atom stereocenters. The topological polar surface area (TPSA) is 29.5 Å². The monoisotopic (exact) mass is 204 g/mol. The maximum absolute atomic E-state index is 9.54. The molecular formula is C12H17BO2. The fourth-order valence-corrected chi connectivity index (χ4v) is 1.16. The molecule has 15 heavy (non-hydrogen) atoms. The molecule has 0 aromatic heterocycles. The third kappa shape index (κ3) is 5.40. The van der Waals surface area contributed by atoms with E-state index in [2.05, 4.69) is 0 Å². The summed E-state index contributed by atoms with van der Waals surface area (Å²) in [7, 11) is -0.856. The summed E-state index contributed by atoms with van der Waals surface area (Å²) in [5.74, 6) is 1.64. The molecular weight excluding hydrogens is 187 g/mol. The van der Waals surface area contributed by atoms with E-state index >= 15 is 0 Å². The average Bonchev–Trinajstić information content (AvgIpc) is 2.14. The maximum Gasteiger partial charge on any atom is 0.483 e. The van der Waals surface area contributed by atoms with Crippen LogP contribution >= 0.6 is 0 Å². The van der Waals surface area contributed by atoms with E-state index in [0.29, 0.717) is 0 Å². The van der Waals surface area contributed by atoms with Crippen molar-refractivity contribution in [3.8, 4) is 0 Å². The lowest BCUT2D eigenvalue weighted by molar-refractivity contribution is 0.107. The second-order valence-corrected chi connectivity index (χ2v) is 4.39. The molecule has 3 heteroatoms. The molecule has 0 heterocycles. The van der Waals surface area contributed by atoms with E-state index in [0.717, 1.165) is 5.56 Å². The predicted octanol–water partition coefficient (Wildman–Crippen LogP) is 2.53. The van der Waals surface area contributed by atoms with Gasteiger partial charge in [0.1, 0.15) is 0 Å². The van der Waals surface area contributed by atoms with Crippen LogP contribution in [0.5, 0.6) is 0 Å². The lowest BCUT2D eigenvalue weighted by Gasteiger charge is -2.20. The highest BCUT2D eigenvalue weighted by Gasteiger charge is 2.18. The first kappa shape index (κ1) is 12.0. The molecule has 0 amide bonds. The number of rotatable bonds is 3. The van der Waals surface area contributed by atoms with Crippen LogP contribution in [0.4, 0.5) is 0 Å². The van der Waals surface area contributed by atoms with E-state index in [1.165, 1.54) is 0 Å². The summed E-state index contributed by atoms with van der Waals surface area (Å²) in [4.78, 5) is 0. The number of benzene rings is 1. The van der Waals surface area contributed by atoms with E-state index < -0.39 is 7.12 Å². The van der Waals surface area contributed by atoms with Crippen LogP contribution in [-0.4, -0.2) is 17.7 Å². The van der Waals surface area contributed by atoms with Crippen LogP contribution in [0, 0.1) is 0 Å². The van der Waals surface area contributed by atoms with Gasteiger partial charge in [0.2, 0.25) is 0 Å². The molecule has 1 aromatic carbocycles. The Balaban J connectivity index is 2.52. The van der Waals surface area contributed by atoms with Crippen LogP contribution < -0.4 is 0 Å². The Hall–Kier alpha value is -1.06. The number of hydrogen-bond acceptors (Lipinski definition) is 2. The summed E-state index contributed by atoms with van der Waals surface area (Å²) in [6.45, 7) is 5.73. The quantitative estimate of drug-likeness (QED) is 0.766. The van der Waals surface area contributed by atoms with Crippen molar-refractivity contribution in [2.75, 3.05) is 0 Å². The molecule has 1 N–H and O–H groups in total. The van der Waals surface area contributed by atoms with E-state index in [1.54, 1.807) is 5.98 Å². The Kier molecular flexibility index (Phi) is 4.12. The van der Waals surface area contributed by atoms with Crippen molar-refractivity contribution in [1.82, 2.24) is 0 Å². The first-order valence-corrected chi connectivity index (χ1v) is 5.06. The first-order valence-electron chi connectivity index (χ1n) is 5.06. The normalized spacial score (nSPS) is 12.0. The van der Waals surface area contributed by atoms with E-state index in [-0.39, 0.29) is 5.60 Å². The molecule has 1 aromatic rings. The summed E-state index contributed by atoms with van der Waals surface area (Å²) < 4.78 is 5.33. The molecule has 2 nitrogen and oxygen atoms in total. The van der Waals surface area contributed by atoms with E-state index in [9.17, 15) is 5.02 Å². The van der Waals surface area contributed by atoms with Gasteiger partial charge in [-0.15, -0.1) is 0 Å². The molecule has 1 rings (SSSR count). The van der Waals surface area contributed by atoms with Gasteiger partial charge in [0, 0.05) is 5.60 Å². The minimum absolute atomic E-state index is 0.333. The largest absolute Gasteiger partial charge is 0.483 e. The van der Waals surface area contributed by atoms with Crippen molar-refractivity contribution in [2.45, 2.75) is 26.4 Å². The fraction of sp³-hybridized carbons (Fsp3) is 0.333. The van der Waals surface area contributed by atoms with Gasteiger partial charge >= 0.3 is 7.12 Å². The maximum atomic E-state index is 9.54. The lowest BCUT2D eigenvalue weighted by Crippen LogP contribution is -2.29. The molecule has 0 radical (unpaired) electrons. The molecule has 0 saturated heterocycles. The molecule has 80 valence electrons. The van der Waals surface area contributed by atoms with Gasteiger partial charge < -0.3 is 9.68 Å². The Morgan fingerprint density at radius 1 is 1.20 bits per heavy atom. The van der Waals surface area contributed by atoms with Crippen molar-refractivity contribution in [2.24, 2.45) is 0 Å². The standard InChI is InChI=1S/C12H17BO2/c1-12(2,3)15-13(14)10-9-11-7-5-4-6-8-11/h4-10,14H,1-3H3/b10-9+. The average molecular weight is 204 g/mol. The molecule has 0 aliphatic heterocycles. The van der Waals surface area contributed by atoms with Crippen LogP contribution in [0.3, 0.4) is 0 Å². The molecule has 0 unspecified atom stereocenters. The Labute approximate surface area is 91.7 Å².